The molecule has 1 fully saturated rings. The molecule has 0 aromatic heterocycles. The Bertz CT molecular complexity index is 1160. The number of methoxy groups -OCH3 is 1. The lowest BCUT2D eigenvalue weighted by molar-refractivity contribution is -0.174. The molecule has 1 rings (SSSR count). The summed E-state index contributed by atoms with van der Waals surface area (Å²) in [6.07, 6.45) is 0.203. The van der Waals surface area contributed by atoms with Gasteiger partial charge in [-0.2, -0.15) is 0 Å². The van der Waals surface area contributed by atoms with E-state index >= 15 is 0 Å². The van der Waals surface area contributed by atoms with Crippen molar-refractivity contribution in [1.29, 1.82) is 0 Å². The second-order valence-corrected chi connectivity index (χ2v) is 21.8. The summed E-state index contributed by atoms with van der Waals surface area (Å²) < 4.78 is 26.7. The van der Waals surface area contributed by atoms with Crippen LogP contribution in [0.25, 0.3) is 0 Å². The first-order chi connectivity index (χ1) is 21.9. The zero-order chi connectivity index (χ0) is 37.3. The molecule has 1 heterocycles. The summed E-state index contributed by atoms with van der Waals surface area (Å²) >= 11 is 0. The lowest BCUT2D eigenvalue weighted by atomic mass is 9.64. The van der Waals surface area contributed by atoms with E-state index in [0.717, 1.165) is 0 Å². The summed E-state index contributed by atoms with van der Waals surface area (Å²) in [6, 6.07) is 0.662. The Morgan fingerprint density at radius 3 is 2.00 bits per heavy atom. The maximum Gasteiger partial charge on any atom is 0.317 e. The molecule has 48 heavy (non-hydrogen) atoms. The molecule has 12 nitrogen and oxygen atoms in total. The number of esters is 5. The van der Waals surface area contributed by atoms with Crippen LogP contribution in [-0.2, 0) is 52.5 Å². The first-order valence-electron chi connectivity index (χ1n) is 16.9. The van der Waals surface area contributed by atoms with Crippen molar-refractivity contribution in [3.63, 3.8) is 0 Å². The minimum Gasteiger partial charge on any atom is -0.481 e. The molecule has 1 saturated heterocycles. The number of aliphatic carboxylic acids is 1. The van der Waals surface area contributed by atoms with Crippen molar-refractivity contribution in [3.8, 4) is 0 Å². The number of hydrogen-bond acceptors (Lipinski definition) is 11. The van der Waals surface area contributed by atoms with Crippen molar-refractivity contribution < 1.29 is 57.6 Å². The van der Waals surface area contributed by atoms with Crippen molar-refractivity contribution in [2.24, 2.45) is 40.4 Å². The van der Waals surface area contributed by atoms with Gasteiger partial charge in [0.2, 0.25) is 0 Å². The molecule has 5 unspecified atom stereocenters. The largest absolute Gasteiger partial charge is 0.481 e. The number of cyclic esters (lactones) is 2. The number of carboxylic acid groups (broad SMARTS) is 1. The van der Waals surface area contributed by atoms with Crippen LogP contribution < -0.4 is 0 Å². The molecule has 276 valence electrons. The summed E-state index contributed by atoms with van der Waals surface area (Å²) in [4.78, 5) is 77.9. The SMILES string of the molecule is CCOCCOC(=O)C(C)(CC(CC(C[C@H](C)C(=O)OC)C(=O)O)C[Si](C)(C)C)CC(C)(CC1C(=O)OC(=O)[C@@H]1C)C(=O)OC(C)(C)C. The van der Waals surface area contributed by atoms with Gasteiger partial charge < -0.3 is 28.8 Å². The Balaban J connectivity index is 3.72. The summed E-state index contributed by atoms with van der Waals surface area (Å²) in [7, 11) is -0.617. The lowest BCUT2D eigenvalue weighted by Gasteiger charge is -2.41. The Kier molecular flexibility index (Phi) is 16.0. The highest BCUT2D eigenvalue weighted by atomic mass is 28.3. The van der Waals surface area contributed by atoms with Crippen LogP contribution in [0.5, 0.6) is 0 Å². The molecule has 0 aromatic rings. The summed E-state index contributed by atoms with van der Waals surface area (Å²) in [6.45, 7) is 20.5. The van der Waals surface area contributed by atoms with E-state index in [1.165, 1.54) is 7.11 Å². The van der Waals surface area contributed by atoms with Gasteiger partial charge in [0.1, 0.15) is 12.2 Å². The third kappa shape index (κ3) is 13.6. The van der Waals surface area contributed by atoms with Crippen LogP contribution in [0.2, 0.25) is 25.7 Å². The van der Waals surface area contributed by atoms with E-state index in [4.69, 9.17) is 23.7 Å². The van der Waals surface area contributed by atoms with Crippen molar-refractivity contribution >= 4 is 43.9 Å². The standard InChI is InChI=1S/C35H60O12Si/c1-13-44-14-15-45-31(41)34(7,18-24(20-48(10,11)12)17-25(27(36)37)16-22(2)28(38)43-9)21-35(8,32(42)47-33(4,5)6)19-26-23(3)29(39)46-30(26)40/h22-26H,13-21H2,1-12H3,(H,36,37)/t22-,23+,24?,25?,26?,34?,35?/m0/s1. The summed E-state index contributed by atoms with van der Waals surface area (Å²) in [5.41, 5.74) is -3.69. The Morgan fingerprint density at radius 1 is 0.938 bits per heavy atom. The van der Waals surface area contributed by atoms with Gasteiger partial charge in [-0.3, -0.25) is 28.8 Å². The third-order valence-electron chi connectivity index (χ3n) is 8.83. The fourth-order valence-corrected chi connectivity index (χ4v) is 8.82. The van der Waals surface area contributed by atoms with Crippen molar-refractivity contribution in [2.45, 2.75) is 119 Å². The van der Waals surface area contributed by atoms with Gasteiger partial charge in [0, 0.05) is 14.7 Å². The summed E-state index contributed by atoms with van der Waals surface area (Å²) in [5, 5.41) is 10.2. The molecule has 0 aromatic carbocycles. The van der Waals surface area contributed by atoms with Crippen molar-refractivity contribution in [2.75, 3.05) is 26.9 Å². The number of carboxylic acids is 1. The summed E-state index contributed by atoms with van der Waals surface area (Å²) in [5.74, 6) is -7.76. The molecule has 13 heteroatoms. The van der Waals surface area contributed by atoms with Crippen LogP contribution in [0.1, 0.15) is 87.5 Å². The minimum absolute atomic E-state index is 0.0288. The lowest BCUT2D eigenvalue weighted by Crippen LogP contribution is -2.45. The normalized spacial score (nSPS) is 21.2. The third-order valence-corrected chi connectivity index (χ3v) is 10.6. The maximum absolute atomic E-state index is 14.1. The van der Waals surface area contributed by atoms with Crippen LogP contribution in [0.4, 0.5) is 0 Å². The van der Waals surface area contributed by atoms with Gasteiger partial charge in [-0.05, 0) is 79.6 Å². The molecule has 7 atom stereocenters. The molecule has 1 N–H and O–H groups in total. The average Bonchev–Trinajstić information content (AvgIpc) is 3.17. The highest BCUT2D eigenvalue weighted by Gasteiger charge is 2.53. The minimum atomic E-state index is -1.88. The maximum atomic E-state index is 14.1. The Hall–Kier alpha value is -2.80. The van der Waals surface area contributed by atoms with Crippen molar-refractivity contribution in [1.82, 2.24) is 0 Å². The molecule has 1 aliphatic heterocycles. The smallest absolute Gasteiger partial charge is 0.317 e. The first-order valence-corrected chi connectivity index (χ1v) is 20.6. The molecule has 0 aliphatic carbocycles. The number of hydrogen-bond donors (Lipinski definition) is 1. The van der Waals surface area contributed by atoms with Gasteiger partial charge >= 0.3 is 35.8 Å². The Morgan fingerprint density at radius 2 is 1.54 bits per heavy atom. The highest BCUT2D eigenvalue weighted by molar-refractivity contribution is 6.76. The van der Waals surface area contributed by atoms with Crippen LogP contribution in [-0.4, -0.2) is 81.5 Å². The van der Waals surface area contributed by atoms with Crippen LogP contribution >= 0.6 is 0 Å². The fourth-order valence-electron chi connectivity index (χ4n) is 6.78. The van der Waals surface area contributed by atoms with Gasteiger partial charge in [-0.25, -0.2) is 0 Å². The molecule has 0 bridgehead atoms. The number of carbonyl (C=O) groups excluding carboxylic acids is 5. The van der Waals surface area contributed by atoms with Gasteiger partial charge in [0.15, 0.2) is 0 Å². The molecule has 0 amide bonds. The zero-order valence-corrected chi connectivity index (χ0v) is 32.2. The number of ether oxygens (including phenoxy) is 5. The van der Waals surface area contributed by atoms with E-state index in [0.29, 0.717) is 12.7 Å². The zero-order valence-electron chi connectivity index (χ0n) is 31.2. The van der Waals surface area contributed by atoms with Crippen LogP contribution in [0.15, 0.2) is 0 Å². The topological polar surface area (TPSA) is 169 Å². The second-order valence-electron chi connectivity index (χ2n) is 16.2. The van der Waals surface area contributed by atoms with Gasteiger partial charge in [0.05, 0.1) is 48.2 Å². The fraction of sp³-hybridized carbons (Fsp3) is 0.829. The number of carbonyl (C=O) groups is 6. The van der Waals surface area contributed by atoms with Crippen LogP contribution in [0, 0.1) is 40.4 Å². The van der Waals surface area contributed by atoms with E-state index in [9.17, 15) is 33.9 Å². The molecule has 0 radical (unpaired) electrons. The van der Waals surface area contributed by atoms with Gasteiger partial charge in [-0.1, -0.05) is 39.5 Å². The van der Waals surface area contributed by atoms with Crippen molar-refractivity contribution in [3.05, 3.63) is 0 Å². The molecular weight excluding hydrogens is 640 g/mol. The quantitative estimate of drug-likeness (QED) is 0.0544. The monoisotopic (exact) mass is 700 g/mol. The average molecular weight is 701 g/mol. The predicted molar refractivity (Wildman–Crippen MR) is 180 cm³/mol. The molecule has 0 saturated carbocycles. The molecular formula is C35H60O12Si. The van der Waals surface area contributed by atoms with Gasteiger partial charge in [-0.15, -0.1) is 0 Å². The van der Waals surface area contributed by atoms with E-state index in [1.54, 1.807) is 48.5 Å². The van der Waals surface area contributed by atoms with Gasteiger partial charge in [0.25, 0.3) is 0 Å². The second kappa shape index (κ2) is 17.7. The number of rotatable bonds is 20. The van der Waals surface area contributed by atoms with Crippen LogP contribution in [0.3, 0.4) is 0 Å². The Labute approximate surface area is 287 Å². The first kappa shape index (κ1) is 43.2. The van der Waals surface area contributed by atoms with E-state index < -0.39 is 84.0 Å². The van der Waals surface area contributed by atoms with E-state index in [2.05, 4.69) is 19.6 Å². The predicted octanol–water partition coefficient (Wildman–Crippen LogP) is 5.67. The highest BCUT2D eigenvalue weighted by Crippen LogP contribution is 2.48. The van der Waals surface area contributed by atoms with E-state index in [-0.39, 0.29) is 51.2 Å². The van der Waals surface area contributed by atoms with E-state index in [1.807, 2.05) is 6.92 Å². The molecule has 1 aliphatic rings. The molecule has 0 spiro atoms.